The second-order valence-corrected chi connectivity index (χ2v) is 36.0. The van der Waals surface area contributed by atoms with Crippen LogP contribution in [0.15, 0.2) is 59.7 Å². The van der Waals surface area contributed by atoms with E-state index in [-0.39, 0.29) is 106 Å². The van der Waals surface area contributed by atoms with Gasteiger partial charge >= 0.3 is 17.8 Å². The molecule has 143 heavy (non-hydrogen) atoms. The zero-order chi connectivity index (χ0) is 111. The molecule has 0 aliphatic heterocycles. The molecule has 1 aromatic rings. The van der Waals surface area contributed by atoms with E-state index in [2.05, 4.69) is 78.9 Å². The lowest BCUT2D eigenvalue weighted by Gasteiger charge is -2.30. The number of allylic oxidation sites excluding steroid dienone is 2. The lowest BCUT2D eigenvalue weighted by Crippen LogP contribution is -2.57. The molecule has 0 heterocycles. The topological polar surface area (TPSA) is 535 Å². The Kier molecular flexibility index (Phi) is 175. The highest BCUT2D eigenvalue weighted by atomic mass is 33.1. The van der Waals surface area contributed by atoms with E-state index in [1.165, 1.54) is 172 Å². The van der Waals surface area contributed by atoms with Gasteiger partial charge in [-0.05, 0) is 146 Å². The predicted molar refractivity (Wildman–Crippen MR) is 584 cm³/mol. The Bertz CT molecular complexity index is 2470. The van der Waals surface area contributed by atoms with Gasteiger partial charge < -0.3 is 146 Å². The number of benzene rings is 1. The quantitative estimate of drug-likeness (QED) is 0.00719. The van der Waals surface area contributed by atoms with Crippen molar-refractivity contribution in [1.82, 2.24) is 4.90 Å². The fourth-order valence-corrected chi connectivity index (χ4v) is 12.2. The van der Waals surface area contributed by atoms with E-state index in [1.54, 1.807) is 49.3 Å². The molecule has 42 heteroatoms. The van der Waals surface area contributed by atoms with Crippen LogP contribution in [-0.2, 0) is 34.9 Å². The van der Waals surface area contributed by atoms with Crippen molar-refractivity contribution >= 4 is 72.1 Å². The van der Waals surface area contributed by atoms with E-state index in [4.69, 9.17) is 131 Å². The minimum absolute atomic E-state index is 0.0144. The summed E-state index contributed by atoms with van der Waals surface area (Å²) in [4.78, 5) is 1.99. The fraction of sp³-hybridized carbons (Fsp3) is 0.842. The van der Waals surface area contributed by atoms with Gasteiger partial charge in [0.05, 0.1) is 157 Å². The maximum absolute atomic E-state index is 12.2. The summed E-state index contributed by atoms with van der Waals surface area (Å²) in [6.07, 6.45) is 46.4. The first-order valence-corrected chi connectivity index (χ1v) is 54.8. The monoisotopic (exact) mass is 2200 g/mol. The minimum Gasteiger partial charge on any atom is -0.396 e. The van der Waals surface area contributed by atoms with Crippen LogP contribution in [0.2, 0.25) is 0 Å². The molecule has 0 amide bonds. The Morgan fingerprint density at radius 2 is 0.587 bits per heavy atom. The Balaban J connectivity index is -0.000000117. The minimum atomic E-state index is -5.77. The zero-order valence-electron chi connectivity index (χ0n) is 87.8. The molecule has 0 fully saturated rings. The summed E-state index contributed by atoms with van der Waals surface area (Å²) in [6, 6.07) is 7.36. The number of rotatable bonds is 74. The van der Waals surface area contributed by atoms with Crippen LogP contribution in [0.4, 0.5) is 26.3 Å². The smallest absolute Gasteiger partial charge is 0.376 e. The lowest BCUT2D eigenvalue weighted by atomic mass is 9.93. The summed E-state index contributed by atoms with van der Waals surface area (Å²) in [5.41, 5.74) is 2.26. The zero-order valence-corrected chi connectivity index (χ0v) is 93.0. The van der Waals surface area contributed by atoms with Crippen LogP contribution in [0.25, 0.3) is 0 Å². The Labute approximate surface area is 887 Å². The largest absolute Gasteiger partial charge is 0.396 e. The summed E-state index contributed by atoms with van der Waals surface area (Å²) in [5, 5.41) is 201. The molecular formula is C101H203F6NO29S6. The van der Waals surface area contributed by atoms with Crippen molar-refractivity contribution in [2.24, 2.45) is 0 Å². The van der Waals surface area contributed by atoms with Gasteiger partial charge in [-0.2, -0.15) is 76.9 Å². The van der Waals surface area contributed by atoms with Crippen molar-refractivity contribution in [2.75, 3.05) is 266 Å². The first-order chi connectivity index (χ1) is 68.5. The molecule has 0 aliphatic carbocycles. The average molecular weight is 2200 g/mol. The van der Waals surface area contributed by atoms with Gasteiger partial charge in [-0.3, -0.25) is 4.90 Å². The van der Waals surface area contributed by atoms with Gasteiger partial charge in [0.25, 0.3) is 0 Å². The summed E-state index contributed by atoms with van der Waals surface area (Å²) in [5.74, 6) is -0.744. The molecule has 24 N–H and O–H groups in total. The third-order valence-corrected chi connectivity index (χ3v) is 21.4. The number of likely N-dealkylation sites (N-methyl/N-ethyl adjacent to an activating group) is 1. The van der Waals surface area contributed by atoms with E-state index in [9.17, 15) is 36.6 Å². The Morgan fingerprint density at radius 1 is 0.329 bits per heavy atom. The fourth-order valence-electron chi connectivity index (χ4n) is 9.73. The van der Waals surface area contributed by atoms with Crippen molar-refractivity contribution in [3.05, 3.63) is 70.8 Å². The van der Waals surface area contributed by atoms with Crippen molar-refractivity contribution in [3.8, 4) is 23.7 Å². The number of hydrogen-bond donors (Lipinski definition) is 28. The third kappa shape index (κ3) is 163. The third-order valence-electron chi connectivity index (χ3n) is 17.7. The summed E-state index contributed by atoms with van der Waals surface area (Å²) in [7, 11) is 3.17. The van der Waals surface area contributed by atoms with Crippen LogP contribution in [0.1, 0.15) is 265 Å². The van der Waals surface area contributed by atoms with Crippen molar-refractivity contribution in [3.63, 3.8) is 0 Å². The van der Waals surface area contributed by atoms with Crippen LogP contribution in [0.3, 0.4) is 0 Å². The molecule has 0 aliphatic rings. The highest BCUT2D eigenvalue weighted by Gasteiger charge is 2.71. The Morgan fingerprint density at radius 3 is 0.790 bits per heavy atom. The highest BCUT2D eigenvalue weighted by molar-refractivity contribution is 8.76. The molecule has 0 radical (unpaired) electrons. The van der Waals surface area contributed by atoms with E-state index in [0.717, 1.165) is 109 Å². The van der Waals surface area contributed by atoms with E-state index < -0.39 is 42.2 Å². The van der Waals surface area contributed by atoms with E-state index in [1.807, 2.05) is 62.1 Å². The number of ether oxygens (including phenoxy) is 5. The molecule has 30 nitrogen and oxygen atoms in total. The van der Waals surface area contributed by atoms with Gasteiger partial charge in [0.15, 0.2) is 0 Å². The van der Waals surface area contributed by atoms with Gasteiger partial charge in [-0.25, -0.2) is 0 Å². The molecule has 0 unspecified atom stereocenters. The van der Waals surface area contributed by atoms with Crippen LogP contribution in [0, 0.1) is 23.7 Å². The molecule has 1 aromatic carbocycles. The van der Waals surface area contributed by atoms with Crippen LogP contribution >= 0.6 is 72.1 Å². The number of unbranched alkanes of at least 4 members (excludes halogenated alkanes) is 26. The number of hydrogen-bond acceptors (Lipinski definition) is 36. The first kappa shape index (κ1) is 169. The summed E-state index contributed by atoms with van der Waals surface area (Å²) < 4.78 is 96.5. The molecule has 0 atom stereocenters. The van der Waals surface area contributed by atoms with Gasteiger partial charge in [-0.15, -0.1) is 0 Å². The number of aliphatic hydroxyl groups is 24. The lowest BCUT2D eigenvalue weighted by molar-refractivity contribution is -0.323. The molecule has 0 saturated heterocycles. The van der Waals surface area contributed by atoms with Crippen molar-refractivity contribution in [2.45, 2.75) is 283 Å². The molecule has 0 saturated carbocycles. The number of thiol groups is 4. The van der Waals surface area contributed by atoms with E-state index in [0.29, 0.717) is 106 Å². The standard InChI is InChI=1S/C16H34O2.C12H18O2.C10H18O2.C8H14O4.C8H18O2.C8H18S2.C6H15NO2.C6H14O4.C6H14S2.C5H6F6O2.C4H10O3.C4H10O2S2.C4H8O2.C4H6O2/c17-15-13-11-9-7-5-3-1-2-4-6-8-10-12-14-16-18;1-11(2,13)9-5-7-10(8-6-9)12(3,4)14;1-9(6-7-11)4-3-5-10(2)8-12;9-3-7-11-5-1-2-6-12-8-4-10;2*9-7-5-3-1-2-4-6-8-10;1-2-7(3-5-8)4-6-9;7-1-3-9-5-6-10-4-2-8;7-5-3-1-2-4-6-8;6-3(7,1-12)5(10,11)4(8,9)2-13;5-1-3-7-4-2-6;5-1-3-7-8-4-2-6;2*5-3-1-2-4-6/h17-18H,1-16H2;5-8,13-14H,1-4H3;5-6,11-12H,3-4,7-8H2,1-2H3;9-10H,3-8H2;2*9-10H,1-8H2;8-9H,2-6H2,1H3;7-8H,1-6H2;7-8H,1-6H2;12-13H,1-2H2;5-6H,1-4H2;5-6H,1-4H2;1-2,5-6H,3-4H2;5-6H,3-4H2/b;;9-6+,10-5+;;;;;;;;;;2-1-;. The second kappa shape index (κ2) is 148. The van der Waals surface area contributed by atoms with Gasteiger partial charge in [0, 0.05) is 51.0 Å². The second-order valence-electron chi connectivity index (χ2n) is 31.5. The van der Waals surface area contributed by atoms with Crippen LogP contribution in [0.5, 0.6) is 0 Å². The van der Waals surface area contributed by atoms with E-state index >= 15 is 0 Å². The number of nitrogens with zero attached hydrogens (tertiary/aromatic N) is 1. The molecule has 0 aromatic heterocycles. The van der Waals surface area contributed by atoms with Crippen molar-refractivity contribution in [1.29, 1.82) is 0 Å². The van der Waals surface area contributed by atoms with Crippen LogP contribution < -0.4 is 0 Å². The summed E-state index contributed by atoms with van der Waals surface area (Å²) in [6.45, 7) is 16.1. The van der Waals surface area contributed by atoms with Crippen molar-refractivity contribution < 1.29 is 173 Å². The normalized spacial score (nSPS) is 11.0. The van der Waals surface area contributed by atoms with Gasteiger partial charge in [0.2, 0.25) is 0 Å². The highest BCUT2D eigenvalue weighted by Crippen LogP contribution is 2.45. The summed E-state index contributed by atoms with van der Waals surface area (Å²) >= 11 is 16.5. The first-order valence-electron chi connectivity index (χ1n) is 49.8. The van der Waals surface area contributed by atoms with Gasteiger partial charge in [0.1, 0.15) is 39.6 Å². The predicted octanol–water partition coefficient (Wildman–Crippen LogP) is 11.1. The molecule has 864 valence electrons. The maximum atomic E-state index is 12.2. The maximum Gasteiger partial charge on any atom is 0.376 e. The molecular weight excluding hydrogens is 2000 g/mol. The van der Waals surface area contributed by atoms with Crippen LogP contribution in [-0.4, -0.2) is 411 Å². The number of halogens is 6. The Hall–Kier alpha value is -1.96. The van der Waals surface area contributed by atoms with Gasteiger partial charge in [-0.1, -0.05) is 253 Å². The molecule has 0 spiro atoms. The molecule has 0 bridgehead atoms. The SMILES string of the molecule is C/C(=C\CC/C(C)=C/CO)CO.CC(C)(O)c1ccc(C(C)(C)O)cc1.CCN(CCO)CCO.OC/C=C\CO.OCC#CCO.OCC(F)(F)C(F)(F)C(F)(F)CO.OCCCCCCCCCCCCCCCCO.OCCCCCCCCO.OCCOCC#CCOCCO.OCCOCCO.OCCOCCOCCO.OCCSSCCO.SCCCCCCCCS.SCCCCCCS. The average Bonchev–Trinajstić information content (AvgIpc) is 0.774. The molecule has 1 rings (SSSR count). The number of alkyl halides is 6. The number of aliphatic hydroxyl groups excluding tert-OH is 22.